The molecule has 180 valence electrons. The van der Waals surface area contributed by atoms with Crippen molar-refractivity contribution in [2.24, 2.45) is 12.0 Å². The minimum Gasteiger partial charge on any atom is -0.308 e. The molecule has 1 aliphatic rings. The highest BCUT2D eigenvalue weighted by Gasteiger charge is 2.33. The zero-order valence-electron chi connectivity index (χ0n) is 19.9. The monoisotopic (exact) mass is 479 g/mol. The van der Waals surface area contributed by atoms with E-state index in [0.717, 1.165) is 16.7 Å². The van der Waals surface area contributed by atoms with Gasteiger partial charge in [0.2, 0.25) is 6.17 Å². The Hall–Kier alpha value is -4.79. The summed E-state index contributed by atoms with van der Waals surface area (Å²) in [4.78, 5) is 37.4. The Kier molecular flexibility index (Phi) is 6.27. The van der Waals surface area contributed by atoms with Crippen molar-refractivity contribution in [1.29, 1.82) is 0 Å². The van der Waals surface area contributed by atoms with E-state index in [2.05, 4.69) is 20.7 Å². The van der Waals surface area contributed by atoms with Crippen molar-refractivity contribution in [3.63, 3.8) is 0 Å². The molecule has 0 saturated carbocycles. The lowest BCUT2D eigenvalue weighted by atomic mass is 10.0. The summed E-state index contributed by atoms with van der Waals surface area (Å²) in [5.74, 6) is 0.0898. The molecule has 9 nitrogen and oxygen atoms in total. The van der Waals surface area contributed by atoms with Crippen LogP contribution in [0.25, 0.3) is 0 Å². The van der Waals surface area contributed by atoms with Gasteiger partial charge in [0.25, 0.3) is 5.91 Å². The van der Waals surface area contributed by atoms with E-state index in [1.54, 1.807) is 29.0 Å². The van der Waals surface area contributed by atoms with Crippen LogP contribution in [0, 0.1) is 6.92 Å². The van der Waals surface area contributed by atoms with Gasteiger partial charge in [0.05, 0.1) is 17.9 Å². The fourth-order valence-corrected chi connectivity index (χ4v) is 4.12. The van der Waals surface area contributed by atoms with E-state index in [4.69, 9.17) is 4.99 Å². The second kappa shape index (κ2) is 9.83. The third-order valence-corrected chi connectivity index (χ3v) is 5.75. The second-order valence-electron chi connectivity index (χ2n) is 8.49. The molecule has 4 aromatic rings. The number of rotatable bonds is 5. The molecule has 2 N–H and O–H groups in total. The van der Waals surface area contributed by atoms with E-state index in [9.17, 15) is 9.59 Å². The standard InChI is InChI=1S/C27H25N7O2/c1-18-9-8-12-20(15-18)29-27(36)31-25-26(35)34(16-23-28-17-33(2)32-23)22-14-7-6-13-21(22)24(30-25)19-10-4-3-5-11-19/h3-15,17,25H,16H2,1-2H3,(H2,29,31,36). The number of para-hydroxylation sites is 1. The minimum atomic E-state index is -1.17. The van der Waals surface area contributed by atoms with E-state index in [1.165, 1.54) is 0 Å². The number of anilines is 2. The summed E-state index contributed by atoms with van der Waals surface area (Å²) in [6.45, 7) is 2.07. The van der Waals surface area contributed by atoms with Crippen molar-refractivity contribution in [2.45, 2.75) is 19.6 Å². The molecule has 0 aliphatic carbocycles. The van der Waals surface area contributed by atoms with Crippen molar-refractivity contribution in [2.75, 3.05) is 10.2 Å². The van der Waals surface area contributed by atoms with Gasteiger partial charge in [-0.1, -0.05) is 60.7 Å². The fourth-order valence-electron chi connectivity index (χ4n) is 4.12. The smallest absolute Gasteiger partial charge is 0.308 e. The first-order valence-electron chi connectivity index (χ1n) is 11.5. The number of fused-ring (bicyclic) bond motifs is 1. The summed E-state index contributed by atoms with van der Waals surface area (Å²) < 4.78 is 1.58. The number of nitrogens with zero attached hydrogens (tertiary/aromatic N) is 5. The molecule has 0 bridgehead atoms. The molecule has 36 heavy (non-hydrogen) atoms. The third kappa shape index (κ3) is 4.85. The number of benzodiazepines with no additional fused rings is 1. The summed E-state index contributed by atoms with van der Waals surface area (Å²) in [5, 5.41) is 9.90. The van der Waals surface area contributed by atoms with Gasteiger partial charge in [0.15, 0.2) is 5.82 Å². The highest BCUT2D eigenvalue weighted by molar-refractivity contribution is 6.20. The van der Waals surface area contributed by atoms with Crippen LogP contribution in [0.4, 0.5) is 16.2 Å². The molecule has 1 unspecified atom stereocenters. The summed E-state index contributed by atoms with van der Waals surface area (Å²) in [6, 6.07) is 24.1. The molecule has 0 saturated heterocycles. The van der Waals surface area contributed by atoms with Gasteiger partial charge in [-0.05, 0) is 30.7 Å². The number of hydrogen-bond donors (Lipinski definition) is 2. The van der Waals surface area contributed by atoms with E-state index < -0.39 is 12.2 Å². The van der Waals surface area contributed by atoms with Crippen LogP contribution in [0.2, 0.25) is 0 Å². The molecule has 3 amide bonds. The second-order valence-corrected chi connectivity index (χ2v) is 8.49. The van der Waals surface area contributed by atoms with Crippen molar-refractivity contribution < 1.29 is 9.59 Å². The molecular formula is C27H25N7O2. The topological polar surface area (TPSA) is 105 Å². The molecule has 1 aromatic heterocycles. The van der Waals surface area contributed by atoms with Crippen LogP contribution in [0.1, 0.15) is 22.5 Å². The predicted molar refractivity (Wildman–Crippen MR) is 138 cm³/mol. The van der Waals surface area contributed by atoms with Crippen LogP contribution in [0.15, 0.2) is 90.2 Å². The quantitative estimate of drug-likeness (QED) is 0.456. The van der Waals surface area contributed by atoms with Crippen LogP contribution in [-0.2, 0) is 18.4 Å². The molecule has 0 fully saturated rings. The zero-order valence-corrected chi connectivity index (χ0v) is 19.9. The highest BCUT2D eigenvalue weighted by Crippen LogP contribution is 2.29. The average molecular weight is 480 g/mol. The van der Waals surface area contributed by atoms with Gasteiger partial charge in [-0.15, -0.1) is 0 Å². The number of hydrogen-bond acceptors (Lipinski definition) is 5. The van der Waals surface area contributed by atoms with E-state index in [1.807, 2.05) is 79.7 Å². The van der Waals surface area contributed by atoms with Gasteiger partial charge in [-0.2, -0.15) is 5.10 Å². The number of nitrogens with one attached hydrogen (secondary N) is 2. The maximum atomic E-state index is 13.9. The van der Waals surface area contributed by atoms with Crippen LogP contribution >= 0.6 is 0 Å². The van der Waals surface area contributed by atoms with Crippen LogP contribution in [-0.4, -0.2) is 38.6 Å². The SMILES string of the molecule is Cc1cccc(NC(=O)NC2N=C(c3ccccc3)c3ccccc3N(Cc3ncn(C)n3)C2=O)c1. The molecule has 0 spiro atoms. The maximum absolute atomic E-state index is 13.9. The molecular weight excluding hydrogens is 454 g/mol. The van der Waals surface area contributed by atoms with Crippen LogP contribution < -0.4 is 15.5 Å². The largest absolute Gasteiger partial charge is 0.321 e. The van der Waals surface area contributed by atoms with Crippen molar-refractivity contribution in [3.05, 3.63) is 108 Å². The fraction of sp³-hybridized carbons (Fsp3) is 0.148. The molecule has 2 heterocycles. The summed E-state index contributed by atoms with van der Waals surface area (Å²) >= 11 is 0. The lowest BCUT2D eigenvalue weighted by Crippen LogP contribution is -2.48. The van der Waals surface area contributed by atoms with Gasteiger partial charge in [0.1, 0.15) is 6.33 Å². The van der Waals surface area contributed by atoms with Gasteiger partial charge in [0, 0.05) is 23.9 Å². The number of carbonyl (C=O) groups is 2. The van der Waals surface area contributed by atoms with E-state index in [0.29, 0.717) is 22.9 Å². The molecule has 3 aromatic carbocycles. The Bertz CT molecular complexity index is 1450. The zero-order chi connectivity index (χ0) is 25.1. The number of urea groups is 1. The first-order valence-corrected chi connectivity index (χ1v) is 11.5. The molecule has 0 radical (unpaired) electrons. The Morgan fingerprint density at radius 1 is 1.00 bits per heavy atom. The van der Waals surface area contributed by atoms with Crippen molar-refractivity contribution in [3.8, 4) is 0 Å². The van der Waals surface area contributed by atoms with Gasteiger partial charge in [-0.3, -0.25) is 9.48 Å². The number of aromatic nitrogens is 3. The Morgan fingerprint density at radius 2 is 1.78 bits per heavy atom. The minimum absolute atomic E-state index is 0.131. The third-order valence-electron chi connectivity index (χ3n) is 5.75. The molecule has 9 heteroatoms. The Balaban J connectivity index is 1.54. The Morgan fingerprint density at radius 3 is 2.53 bits per heavy atom. The van der Waals surface area contributed by atoms with Crippen molar-refractivity contribution >= 4 is 29.0 Å². The Labute approximate surface area is 208 Å². The van der Waals surface area contributed by atoms with Gasteiger partial charge < -0.3 is 15.5 Å². The molecule has 1 aliphatic heterocycles. The van der Waals surface area contributed by atoms with Crippen molar-refractivity contribution in [1.82, 2.24) is 20.1 Å². The predicted octanol–water partition coefficient (Wildman–Crippen LogP) is 3.66. The van der Waals surface area contributed by atoms with E-state index in [-0.39, 0.29) is 12.5 Å². The molecule has 5 rings (SSSR count). The number of aliphatic imine (C=N–C) groups is 1. The lowest BCUT2D eigenvalue weighted by Gasteiger charge is -2.24. The van der Waals surface area contributed by atoms with Crippen LogP contribution in [0.3, 0.4) is 0 Å². The number of benzene rings is 3. The van der Waals surface area contributed by atoms with Gasteiger partial charge in [-0.25, -0.2) is 14.8 Å². The van der Waals surface area contributed by atoms with E-state index >= 15 is 0 Å². The number of carbonyl (C=O) groups excluding carboxylic acids is 2. The maximum Gasteiger partial charge on any atom is 0.321 e. The number of amides is 3. The molecule has 1 atom stereocenters. The highest BCUT2D eigenvalue weighted by atomic mass is 16.2. The van der Waals surface area contributed by atoms with Crippen LogP contribution in [0.5, 0.6) is 0 Å². The summed E-state index contributed by atoms with van der Waals surface area (Å²) in [6.07, 6.45) is 0.418. The lowest BCUT2D eigenvalue weighted by molar-refractivity contribution is -0.120. The first-order chi connectivity index (χ1) is 17.5. The first kappa shape index (κ1) is 23.0. The summed E-state index contributed by atoms with van der Waals surface area (Å²) in [7, 11) is 1.77. The summed E-state index contributed by atoms with van der Waals surface area (Å²) in [5.41, 5.74) is 4.52. The number of aryl methyl sites for hydroxylation is 2. The van der Waals surface area contributed by atoms with Gasteiger partial charge >= 0.3 is 6.03 Å². The normalized spacial score (nSPS) is 15.1. The average Bonchev–Trinajstić information content (AvgIpc) is 3.25.